The molecule has 0 bridgehead atoms. The maximum Gasteiger partial charge on any atom is 0.222 e. The van der Waals surface area contributed by atoms with E-state index in [1.54, 1.807) is 0 Å². The predicted octanol–water partition coefficient (Wildman–Crippen LogP) is 4.03. The lowest BCUT2D eigenvalue weighted by atomic mass is 9.96. The third kappa shape index (κ3) is 5.48. The van der Waals surface area contributed by atoms with Crippen LogP contribution in [0.3, 0.4) is 0 Å². The van der Waals surface area contributed by atoms with Crippen LogP contribution < -0.4 is 5.32 Å². The second-order valence-electron chi connectivity index (χ2n) is 6.03. The molecule has 0 unspecified atom stereocenters. The Labute approximate surface area is 165 Å². The van der Waals surface area contributed by atoms with Crippen molar-refractivity contribution in [1.29, 1.82) is 0 Å². The summed E-state index contributed by atoms with van der Waals surface area (Å²) in [6.07, 6.45) is 3.31. The third-order valence-corrected chi connectivity index (χ3v) is 4.62. The van der Waals surface area contributed by atoms with Gasteiger partial charge in [-0.1, -0.05) is 11.6 Å². The molecule has 1 aromatic heterocycles. The number of carbonyl (C=O) groups excluding carboxylic acids is 1. The summed E-state index contributed by atoms with van der Waals surface area (Å²) >= 11 is 5.99. The highest BCUT2D eigenvalue weighted by Gasteiger charge is 2.26. The second-order valence-corrected chi connectivity index (χ2v) is 6.46. The third-order valence-electron chi connectivity index (χ3n) is 4.38. The molecule has 0 atom stereocenters. The van der Waals surface area contributed by atoms with Crippen molar-refractivity contribution in [2.75, 3.05) is 26.7 Å². The molecule has 1 aromatic carbocycles. The standard InChI is InChI=1S/C17H22ClN3O2.2ClH/c1-19-8-2-3-16(22)21-9-6-12(7-10-21)17-20-14-11-13(18)4-5-15(14)23-17;;/h4-5,11-12,19H,2-3,6-10H2,1H3;2*1H. The quantitative estimate of drug-likeness (QED) is 0.759. The summed E-state index contributed by atoms with van der Waals surface area (Å²) in [6, 6.07) is 5.49. The molecule has 3 rings (SSSR count). The Morgan fingerprint density at radius 2 is 2.08 bits per heavy atom. The number of fused-ring (bicyclic) bond motifs is 1. The zero-order chi connectivity index (χ0) is 16.2. The number of nitrogens with one attached hydrogen (secondary N) is 1. The number of benzene rings is 1. The molecular formula is C17H24Cl3N3O2. The number of likely N-dealkylation sites (tertiary alicyclic amines) is 1. The largest absolute Gasteiger partial charge is 0.440 e. The van der Waals surface area contributed by atoms with Crippen LogP contribution in [0.4, 0.5) is 0 Å². The zero-order valence-electron chi connectivity index (χ0n) is 14.2. The molecule has 0 saturated carbocycles. The first kappa shape index (κ1) is 22.0. The van der Waals surface area contributed by atoms with Crippen molar-refractivity contribution >= 4 is 53.4 Å². The smallest absolute Gasteiger partial charge is 0.222 e. The van der Waals surface area contributed by atoms with E-state index in [1.807, 2.05) is 30.1 Å². The first-order valence-corrected chi connectivity index (χ1v) is 8.53. The number of oxazole rings is 1. The topological polar surface area (TPSA) is 58.4 Å². The Morgan fingerprint density at radius 3 is 2.76 bits per heavy atom. The Morgan fingerprint density at radius 1 is 1.36 bits per heavy atom. The number of hydrogen-bond acceptors (Lipinski definition) is 4. The van der Waals surface area contributed by atoms with Gasteiger partial charge >= 0.3 is 0 Å². The molecule has 25 heavy (non-hydrogen) atoms. The summed E-state index contributed by atoms with van der Waals surface area (Å²) in [5, 5.41) is 3.74. The van der Waals surface area contributed by atoms with Crippen LogP contribution in [0.5, 0.6) is 0 Å². The number of hydrogen-bond donors (Lipinski definition) is 1. The van der Waals surface area contributed by atoms with Gasteiger partial charge < -0.3 is 14.6 Å². The van der Waals surface area contributed by atoms with Crippen molar-refractivity contribution in [3.63, 3.8) is 0 Å². The average molecular weight is 409 g/mol. The molecule has 0 aliphatic carbocycles. The highest BCUT2D eigenvalue weighted by molar-refractivity contribution is 6.31. The van der Waals surface area contributed by atoms with Crippen molar-refractivity contribution in [2.45, 2.75) is 31.6 Å². The Hall–Kier alpha value is -1.01. The van der Waals surface area contributed by atoms with Gasteiger partial charge in [0.05, 0.1) is 0 Å². The molecular weight excluding hydrogens is 385 g/mol. The fourth-order valence-corrected chi connectivity index (χ4v) is 3.21. The molecule has 1 N–H and O–H groups in total. The van der Waals surface area contributed by atoms with Gasteiger partial charge in [-0.05, 0) is 51.1 Å². The van der Waals surface area contributed by atoms with Gasteiger partial charge in [0.2, 0.25) is 5.91 Å². The molecule has 140 valence electrons. The van der Waals surface area contributed by atoms with Gasteiger partial charge in [-0.2, -0.15) is 0 Å². The monoisotopic (exact) mass is 407 g/mol. The lowest BCUT2D eigenvalue weighted by molar-refractivity contribution is -0.132. The molecule has 1 amide bonds. The van der Waals surface area contributed by atoms with Crippen LogP contribution in [-0.4, -0.2) is 42.5 Å². The first-order valence-electron chi connectivity index (χ1n) is 8.15. The summed E-state index contributed by atoms with van der Waals surface area (Å²) in [6.45, 7) is 2.44. The first-order chi connectivity index (χ1) is 11.2. The number of rotatable bonds is 5. The van der Waals surface area contributed by atoms with Crippen LogP contribution in [0.25, 0.3) is 11.1 Å². The summed E-state index contributed by atoms with van der Waals surface area (Å²) in [5.41, 5.74) is 1.58. The fourth-order valence-electron chi connectivity index (χ4n) is 3.04. The van der Waals surface area contributed by atoms with Crippen molar-refractivity contribution < 1.29 is 9.21 Å². The number of piperidine rings is 1. The Bertz CT molecular complexity index is 685. The van der Waals surface area contributed by atoms with Gasteiger partial charge in [-0.15, -0.1) is 24.8 Å². The maximum absolute atomic E-state index is 12.1. The average Bonchev–Trinajstić information content (AvgIpc) is 2.98. The van der Waals surface area contributed by atoms with E-state index in [9.17, 15) is 4.79 Å². The van der Waals surface area contributed by atoms with Gasteiger partial charge in [0.15, 0.2) is 11.5 Å². The molecule has 1 aliphatic rings. The zero-order valence-corrected chi connectivity index (χ0v) is 16.6. The van der Waals surface area contributed by atoms with Gasteiger partial charge in [-0.3, -0.25) is 4.79 Å². The summed E-state index contributed by atoms with van der Waals surface area (Å²) < 4.78 is 5.86. The Balaban J connectivity index is 0.00000156. The molecule has 2 heterocycles. The highest BCUT2D eigenvalue weighted by Crippen LogP contribution is 2.31. The lowest BCUT2D eigenvalue weighted by Gasteiger charge is -2.30. The lowest BCUT2D eigenvalue weighted by Crippen LogP contribution is -2.38. The van der Waals surface area contributed by atoms with E-state index in [0.29, 0.717) is 11.4 Å². The molecule has 0 spiro atoms. The van der Waals surface area contributed by atoms with Crippen LogP contribution in [-0.2, 0) is 4.79 Å². The van der Waals surface area contributed by atoms with Crippen LogP contribution in [0.2, 0.25) is 5.02 Å². The summed E-state index contributed by atoms with van der Waals surface area (Å²) in [5.74, 6) is 1.30. The molecule has 5 nitrogen and oxygen atoms in total. The van der Waals surface area contributed by atoms with E-state index in [0.717, 1.165) is 55.9 Å². The van der Waals surface area contributed by atoms with Gasteiger partial charge in [0.1, 0.15) is 5.52 Å². The summed E-state index contributed by atoms with van der Waals surface area (Å²) in [4.78, 5) is 18.7. The van der Waals surface area contributed by atoms with Crippen molar-refractivity contribution in [1.82, 2.24) is 15.2 Å². The van der Waals surface area contributed by atoms with Crippen LogP contribution in [0.15, 0.2) is 22.6 Å². The molecule has 0 radical (unpaired) electrons. The van der Waals surface area contributed by atoms with Crippen LogP contribution in [0, 0.1) is 0 Å². The van der Waals surface area contributed by atoms with E-state index in [2.05, 4.69) is 10.3 Å². The van der Waals surface area contributed by atoms with Crippen molar-refractivity contribution in [3.05, 3.63) is 29.1 Å². The number of halogens is 3. The van der Waals surface area contributed by atoms with E-state index < -0.39 is 0 Å². The molecule has 2 aromatic rings. The van der Waals surface area contributed by atoms with E-state index in [-0.39, 0.29) is 36.6 Å². The van der Waals surface area contributed by atoms with Crippen LogP contribution >= 0.6 is 36.4 Å². The minimum absolute atomic E-state index is 0. The minimum atomic E-state index is 0. The molecule has 1 fully saturated rings. The number of nitrogens with zero attached hydrogens (tertiary/aromatic N) is 2. The second kappa shape index (κ2) is 10.2. The molecule has 1 saturated heterocycles. The highest BCUT2D eigenvalue weighted by atomic mass is 35.5. The SMILES string of the molecule is CNCCCC(=O)N1CCC(c2nc3cc(Cl)ccc3o2)CC1.Cl.Cl. The number of aromatic nitrogens is 1. The van der Waals surface area contributed by atoms with Crippen molar-refractivity contribution in [3.8, 4) is 0 Å². The predicted molar refractivity (Wildman–Crippen MR) is 105 cm³/mol. The molecule has 1 aliphatic heterocycles. The number of amides is 1. The normalized spacial score (nSPS) is 14.9. The van der Waals surface area contributed by atoms with Gasteiger partial charge in [0.25, 0.3) is 0 Å². The van der Waals surface area contributed by atoms with E-state index in [1.165, 1.54) is 0 Å². The van der Waals surface area contributed by atoms with Gasteiger partial charge in [0, 0.05) is 30.5 Å². The van der Waals surface area contributed by atoms with Crippen LogP contribution in [0.1, 0.15) is 37.5 Å². The minimum Gasteiger partial charge on any atom is -0.440 e. The van der Waals surface area contributed by atoms with Crippen molar-refractivity contribution in [2.24, 2.45) is 0 Å². The Kier molecular flexibility index (Phi) is 9.00. The summed E-state index contributed by atoms with van der Waals surface area (Å²) in [7, 11) is 1.91. The number of carbonyl (C=O) groups is 1. The molecule has 8 heteroatoms. The van der Waals surface area contributed by atoms with E-state index in [4.69, 9.17) is 16.0 Å². The maximum atomic E-state index is 12.1. The van der Waals surface area contributed by atoms with E-state index >= 15 is 0 Å². The van der Waals surface area contributed by atoms with Gasteiger partial charge in [-0.25, -0.2) is 4.98 Å². The fraction of sp³-hybridized carbons (Fsp3) is 0.529.